The van der Waals surface area contributed by atoms with E-state index in [4.69, 9.17) is 4.74 Å². The van der Waals surface area contributed by atoms with E-state index in [1.54, 1.807) is 0 Å². The van der Waals surface area contributed by atoms with Gasteiger partial charge in [-0.15, -0.1) is 0 Å². The molecule has 29 heavy (non-hydrogen) atoms. The van der Waals surface area contributed by atoms with Gasteiger partial charge in [-0.25, -0.2) is 5.43 Å². The topological polar surface area (TPSA) is 48.3 Å². The molecule has 0 aliphatic carbocycles. The molecule has 0 bridgehead atoms. The van der Waals surface area contributed by atoms with Gasteiger partial charge in [0.15, 0.2) is 0 Å². The average molecular weight is 394 g/mol. The number of nitrogens with one attached hydrogen (secondary N) is 1. The third-order valence-corrected chi connectivity index (χ3v) is 4.57. The van der Waals surface area contributed by atoms with Crippen molar-refractivity contribution in [1.82, 2.24) is 10.4 Å². The summed E-state index contributed by atoms with van der Waals surface area (Å²) < 4.78 is 6.19. The Kier molecular flexibility index (Phi) is 10.6. The van der Waals surface area contributed by atoms with Gasteiger partial charge in [0, 0.05) is 13.6 Å². The summed E-state index contributed by atoms with van der Waals surface area (Å²) in [4.78, 5) is 0. The Hall–Kier alpha value is -2.77. The molecule has 0 heterocycles. The number of hydrazine groups is 1. The molecular formula is C25H35N3O. The molecule has 0 aliphatic heterocycles. The summed E-state index contributed by atoms with van der Waals surface area (Å²) in [5, 5.41) is 11.3. The number of hydrogen-bond donors (Lipinski definition) is 1. The largest absolute Gasteiger partial charge is 0.440 e. The van der Waals surface area contributed by atoms with Crippen molar-refractivity contribution in [3.63, 3.8) is 0 Å². The van der Waals surface area contributed by atoms with Crippen LogP contribution in [0.5, 0.6) is 5.75 Å². The van der Waals surface area contributed by atoms with Crippen molar-refractivity contribution in [3.05, 3.63) is 77.7 Å². The molecule has 1 aromatic carbocycles. The van der Waals surface area contributed by atoms with E-state index in [0.717, 1.165) is 29.3 Å². The molecule has 0 aromatic heterocycles. The van der Waals surface area contributed by atoms with Gasteiger partial charge in [-0.3, -0.25) is 5.01 Å². The summed E-state index contributed by atoms with van der Waals surface area (Å²) in [7, 11) is 1.87. The standard InChI is InChI=1S/C25H35N3O/c1-8-10-21(17-23(18-26)20(5)6)11-16-25(28(9-2)27-7)29-24-14-12-22(13-15-24)19(3)4/h8,10,12-17,19,23,27H,5,9,11H2,1-4,6-7H3. The zero-order valence-electron chi connectivity index (χ0n) is 18.7. The Morgan fingerprint density at radius 1 is 1.31 bits per heavy atom. The Morgan fingerprint density at radius 2 is 1.97 bits per heavy atom. The second kappa shape index (κ2) is 12.6. The quantitative estimate of drug-likeness (QED) is 0.214. The molecule has 0 aliphatic rings. The van der Waals surface area contributed by atoms with Gasteiger partial charge in [0.1, 0.15) is 5.75 Å². The zero-order valence-corrected chi connectivity index (χ0v) is 18.7. The zero-order chi connectivity index (χ0) is 21.8. The van der Waals surface area contributed by atoms with E-state index < -0.39 is 0 Å². The first kappa shape index (κ1) is 24.3. The minimum atomic E-state index is -0.297. The Labute approximate surface area is 176 Å². The Balaban J connectivity index is 3.15. The molecule has 156 valence electrons. The lowest BCUT2D eigenvalue weighted by atomic mass is 9.98. The van der Waals surface area contributed by atoms with Crippen LogP contribution in [-0.4, -0.2) is 18.6 Å². The summed E-state index contributed by atoms with van der Waals surface area (Å²) >= 11 is 0. The molecule has 1 aromatic rings. The van der Waals surface area contributed by atoms with Crippen molar-refractivity contribution >= 4 is 0 Å². The monoisotopic (exact) mass is 393 g/mol. The maximum absolute atomic E-state index is 9.37. The van der Waals surface area contributed by atoms with Crippen molar-refractivity contribution in [3.8, 4) is 11.8 Å². The summed E-state index contributed by atoms with van der Waals surface area (Å²) in [5.74, 6) is 1.71. The van der Waals surface area contributed by atoms with Gasteiger partial charge < -0.3 is 4.74 Å². The van der Waals surface area contributed by atoms with E-state index in [1.807, 2.05) is 62.3 Å². The van der Waals surface area contributed by atoms with Crippen LogP contribution in [-0.2, 0) is 0 Å². The van der Waals surface area contributed by atoms with E-state index >= 15 is 0 Å². The molecule has 0 fully saturated rings. The highest BCUT2D eigenvalue weighted by atomic mass is 16.5. The van der Waals surface area contributed by atoms with Gasteiger partial charge in [-0.2, -0.15) is 5.26 Å². The lowest BCUT2D eigenvalue weighted by Crippen LogP contribution is -2.36. The van der Waals surface area contributed by atoms with E-state index in [-0.39, 0.29) is 5.92 Å². The summed E-state index contributed by atoms with van der Waals surface area (Å²) in [6.07, 6.45) is 8.65. The average Bonchev–Trinajstić information content (AvgIpc) is 2.70. The molecule has 0 spiro atoms. The van der Waals surface area contributed by atoms with Crippen LogP contribution in [0.25, 0.3) is 0 Å². The van der Waals surface area contributed by atoms with E-state index in [1.165, 1.54) is 5.56 Å². The number of benzene rings is 1. The molecule has 0 amide bonds. The van der Waals surface area contributed by atoms with Crippen molar-refractivity contribution in [1.29, 1.82) is 5.26 Å². The van der Waals surface area contributed by atoms with E-state index in [9.17, 15) is 5.26 Å². The first-order valence-electron chi connectivity index (χ1n) is 10.2. The molecule has 1 N–H and O–H groups in total. The SMILES string of the molecule is C=C(C)C(C#N)C=C(C=CC)CC=C(Oc1ccc(C(C)C)cc1)N(CC)NC. The molecule has 0 radical (unpaired) electrons. The van der Waals surface area contributed by atoms with Gasteiger partial charge in [0.2, 0.25) is 5.88 Å². The highest BCUT2D eigenvalue weighted by molar-refractivity contribution is 5.31. The molecule has 4 nitrogen and oxygen atoms in total. The van der Waals surface area contributed by atoms with Crippen molar-refractivity contribution in [2.24, 2.45) is 5.92 Å². The number of allylic oxidation sites excluding steroid dienone is 6. The lowest BCUT2D eigenvalue weighted by molar-refractivity contribution is 0.175. The Bertz CT molecular complexity index is 775. The number of hydrogen-bond acceptors (Lipinski definition) is 4. The number of rotatable bonds is 11. The van der Waals surface area contributed by atoms with Gasteiger partial charge in [0.25, 0.3) is 0 Å². The number of nitrogens with zero attached hydrogens (tertiary/aromatic N) is 2. The fourth-order valence-corrected chi connectivity index (χ4v) is 2.79. The van der Waals surface area contributed by atoms with Crippen LogP contribution >= 0.6 is 0 Å². The molecule has 1 rings (SSSR count). The van der Waals surface area contributed by atoms with Crippen LogP contribution in [0, 0.1) is 17.2 Å². The second-order valence-corrected chi connectivity index (χ2v) is 7.23. The predicted octanol–water partition coefficient (Wildman–Crippen LogP) is 6.09. The first-order valence-corrected chi connectivity index (χ1v) is 10.2. The van der Waals surface area contributed by atoms with Crippen LogP contribution in [0.4, 0.5) is 0 Å². The normalized spacial score (nSPS) is 13.4. The predicted molar refractivity (Wildman–Crippen MR) is 122 cm³/mol. The van der Waals surface area contributed by atoms with Gasteiger partial charge in [-0.05, 0) is 62.5 Å². The second-order valence-electron chi connectivity index (χ2n) is 7.23. The Morgan fingerprint density at radius 3 is 2.41 bits per heavy atom. The molecular weight excluding hydrogens is 358 g/mol. The van der Waals surface area contributed by atoms with Gasteiger partial charge in [-0.1, -0.05) is 56.4 Å². The minimum Gasteiger partial charge on any atom is -0.440 e. The maximum atomic E-state index is 9.37. The fourth-order valence-electron chi connectivity index (χ4n) is 2.79. The van der Waals surface area contributed by atoms with Crippen LogP contribution in [0.3, 0.4) is 0 Å². The van der Waals surface area contributed by atoms with Crippen LogP contribution < -0.4 is 10.2 Å². The molecule has 0 saturated heterocycles. The van der Waals surface area contributed by atoms with Gasteiger partial charge in [0.05, 0.1) is 12.0 Å². The van der Waals surface area contributed by atoms with Crippen molar-refractivity contribution in [2.45, 2.75) is 47.0 Å². The first-order chi connectivity index (χ1) is 13.9. The highest BCUT2D eigenvalue weighted by Gasteiger charge is 2.11. The van der Waals surface area contributed by atoms with Gasteiger partial charge >= 0.3 is 0 Å². The summed E-state index contributed by atoms with van der Waals surface area (Å²) in [6.45, 7) is 14.9. The number of ether oxygens (including phenoxy) is 1. The minimum absolute atomic E-state index is 0.297. The van der Waals surface area contributed by atoms with Crippen LogP contribution in [0.15, 0.2) is 72.2 Å². The van der Waals surface area contributed by atoms with Crippen LogP contribution in [0.2, 0.25) is 0 Å². The maximum Gasteiger partial charge on any atom is 0.206 e. The summed E-state index contributed by atoms with van der Waals surface area (Å²) in [6, 6.07) is 10.5. The fraction of sp³-hybridized carbons (Fsp3) is 0.400. The third-order valence-electron chi connectivity index (χ3n) is 4.57. The highest BCUT2D eigenvalue weighted by Crippen LogP contribution is 2.22. The molecule has 1 unspecified atom stereocenters. The number of nitriles is 1. The lowest BCUT2D eigenvalue weighted by Gasteiger charge is -2.24. The van der Waals surface area contributed by atoms with Crippen LogP contribution in [0.1, 0.15) is 52.5 Å². The van der Waals surface area contributed by atoms with E-state index in [2.05, 4.69) is 51.0 Å². The molecule has 1 atom stereocenters. The summed E-state index contributed by atoms with van der Waals surface area (Å²) in [5.41, 5.74) is 6.33. The van der Waals surface area contributed by atoms with Crippen molar-refractivity contribution < 1.29 is 4.74 Å². The third kappa shape index (κ3) is 8.01. The molecule has 4 heteroatoms. The smallest absolute Gasteiger partial charge is 0.206 e. The van der Waals surface area contributed by atoms with Crippen molar-refractivity contribution in [2.75, 3.05) is 13.6 Å². The van der Waals surface area contributed by atoms with E-state index in [0.29, 0.717) is 12.3 Å². The molecule has 0 saturated carbocycles.